The summed E-state index contributed by atoms with van der Waals surface area (Å²) in [7, 11) is 0. The lowest BCUT2D eigenvalue weighted by Crippen LogP contribution is -2.25. The highest BCUT2D eigenvalue weighted by Crippen LogP contribution is 2.34. The van der Waals surface area contributed by atoms with Crippen molar-refractivity contribution in [3.8, 4) is 0 Å². The van der Waals surface area contributed by atoms with Crippen molar-refractivity contribution in [2.45, 2.75) is 33.6 Å². The number of aryl methyl sites for hydroxylation is 2. The molecule has 0 saturated carbocycles. The van der Waals surface area contributed by atoms with Crippen LogP contribution in [0.15, 0.2) is 84.6 Å². The Balaban J connectivity index is 0.00000186. The number of aliphatic carboxylic acids is 1. The summed E-state index contributed by atoms with van der Waals surface area (Å²) >= 11 is 0. The quantitative estimate of drug-likeness (QED) is 0.206. The van der Waals surface area contributed by atoms with Crippen LogP contribution in [0, 0.1) is 12.3 Å². The van der Waals surface area contributed by atoms with E-state index in [0.29, 0.717) is 0 Å². The number of anilines is 3. The Morgan fingerprint density at radius 3 is 2.51 bits per heavy atom. The largest absolute Gasteiger partial charge is 0.477 e. The van der Waals surface area contributed by atoms with Crippen LogP contribution in [0.25, 0.3) is 6.08 Å². The number of amides is 1. The Hall–Kier alpha value is -4.52. The van der Waals surface area contributed by atoms with Crippen LogP contribution in [0.2, 0.25) is 0 Å². The molecule has 2 heterocycles. The monoisotopic (exact) mass is 496 g/mol. The lowest BCUT2D eigenvalue weighted by atomic mass is 9.98. The minimum atomic E-state index is -1.48. The molecule has 0 radical (unpaired) electrons. The third-order valence-corrected chi connectivity index (χ3v) is 5.75. The van der Waals surface area contributed by atoms with Crippen LogP contribution in [0.4, 0.5) is 17.2 Å². The fraction of sp³-hybridized carbons (Fsp3) is 0.200. The molecule has 7 heteroatoms. The fourth-order valence-corrected chi connectivity index (χ4v) is 3.98. The molecule has 4 rings (SSSR count). The van der Waals surface area contributed by atoms with Gasteiger partial charge in [-0.15, -0.1) is 0 Å². The van der Waals surface area contributed by atoms with Gasteiger partial charge in [-0.1, -0.05) is 55.8 Å². The first-order valence-corrected chi connectivity index (χ1v) is 12.3. The molecule has 0 fully saturated rings. The molecule has 190 valence electrons. The molecule has 1 amide bonds. The molecule has 0 unspecified atom stereocenters. The molecular formula is C30H32N4O3. The average Bonchev–Trinajstić information content (AvgIpc) is 2.92. The SMILES string of the molecule is CC.Cc1ccc(N2CCCc3cc(/C=C/C=C(/C(=N)C(=O)O)C(=O)Nc4ccccn4)ccc32)cc1. The van der Waals surface area contributed by atoms with Crippen molar-refractivity contribution < 1.29 is 14.7 Å². The van der Waals surface area contributed by atoms with Gasteiger partial charge in [0.25, 0.3) is 5.91 Å². The number of allylic oxidation sites excluding steroid dienone is 2. The molecule has 7 nitrogen and oxygen atoms in total. The van der Waals surface area contributed by atoms with Crippen molar-refractivity contribution in [3.63, 3.8) is 0 Å². The Labute approximate surface area is 217 Å². The summed E-state index contributed by atoms with van der Waals surface area (Å²) < 4.78 is 0. The Morgan fingerprint density at radius 1 is 1.08 bits per heavy atom. The number of fused-ring (bicyclic) bond motifs is 1. The van der Waals surface area contributed by atoms with E-state index in [1.54, 1.807) is 30.4 Å². The molecule has 3 aromatic rings. The highest BCUT2D eigenvalue weighted by atomic mass is 16.4. The molecular weight excluding hydrogens is 464 g/mol. The number of benzene rings is 2. The molecule has 2 aromatic carbocycles. The summed E-state index contributed by atoms with van der Waals surface area (Å²) in [5.74, 6) is -1.91. The van der Waals surface area contributed by atoms with Gasteiger partial charge in [0.1, 0.15) is 5.82 Å². The fourth-order valence-electron chi connectivity index (χ4n) is 3.98. The van der Waals surface area contributed by atoms with Crippen LogP contribution in [-0.4, -0.2) is 34.2 Å². The van der Waals surface area contributed by atoms with Crippen LogP contribution in [0.5, 0.6) is 0 Å². The summed E-state index contributed by atoms with van der Waals surface area (Å²) in [5.41, 5.74) is 4.68. The normalized spacial score (nSPS) is 12.8. The first kappa shape index (κ1) is 27.1. The maximum absolute atomic E-state index is 12.6. The number of hydrogen-bond acceptors (Lipinski definition) is 5. The minimum absolute atomic E-state index is 0.261. The zero-order valence-electron chi connectivity index (χ0n) is 21.4. The molecule has 0 aliphatic carbocycles. The summed E-state index contributed by atoms with van der Waals surface area (Å²) in [6, 6.07) is 19.7. The van der Waals surface area contributed by atoms with E-state index in [-0.39, 0.29) is 11.4 Å². The number of pyridine rings is 1. The maximum Gasteiger partial charge on any atom is 0.354 e. The number of nitrogens with one attached hydrogen (secondary N) is 2. The van der Waals surface area contributed by atoms with Crippen molar-refractivity contribution in [2.75, 3.05) is 16.8 Å². The highest BCUT2D eigenvalue weighted by Gasteiger charge is 2.21. The van der Waals surface area contributed by atoms with Crippen molar-refractivity contribution >= 4 is 40.9 Å². The van der Waals surface area contributed by atoms with E-state index in [0.717, 1.165) is 24.9 Å². The molecule has 0 saturated heterocycles. The Kier molecular flexibility index (Phi) is 9.49. The number of carbonyl (C=O) groups is 2. The van der Waals surface area contributed by atoms with Crippen molar-refractivity contribution in [3.05, 3.63) is 101 Å². The van der Waals surface area contributed by atoms with E-state index in [1.165, 1.54) is 34.8 Å². The van der Waals surface area contributed by atoms with Crippen molar-refractivity contribution in [2.24, 2.45) is 0 Å². The number of hydrogen-bond donors (Lipinski definition) is 3. The van der Waals surface area contributed by atoms with E-state index in [2.05, 4.69) is 58.5 Å². The van der Waals surface area contributed by atoms with Crippen LogP contribution in [0.3, 0.4) is 0 Å². The van der Waals surface area contributed by atoms with Crippen LogP contribution in [-0.2, 0) is 16.0 Å². The molecule has 1 aliphatic rings. The predicted octanol–water partition coefficient (Wildman–Crippen LogP) is 6.18. The van der Waals surface area contributed by atoms with Gasteiger partial charge in [0.15, 0.2) is 5.71 Å². The summed E-state index contributed by atoms with van der Waals surface area (Å²) in [6.07, 6.45) is 8.25. The number of aromatic nitrogens is 1. The molecule has 1 aliphatic heterocycles. The van der Waals surface area contributed by atoms with Gasteiger partial charge in [-0.2, -0.15) is 0 Å². The highest BCUT2D eigenvalue weighted by molar-refractivity contribution is 6.48. The summed E-state index contributed by atoms with van der Waals surface area (Å²) in [5, 5.41) is 19.6. The van der Waals surface area contributed by atoms with Gasteiger partial charge < -0.3 is 15.3 Å². The second-order valence-corrected chi connectivity index (χ2v) is 8.27. The van der Waals surface area contributed by atoms with Crippen LogP contribution in [0.1, 0.15) is 37.0 Å². The first-order chi connectivity index (χ1) is 17.9. The van der Waals surface area contributed by atoms with Gasteiger partial charge in [0, 0.05) is 24.1 Å². The average molecular weight is 497 g/mol. The third-order valence-electron chi connectivity index (χ3n) is 5.75. The van der Waals surface area contributed by atoms with E-state index in [1.807, 2.05) is 19.9 Å². The van der Waals surface area contributed by atoms with E-state index < -0.39 is 17.6 Å². The number of rotatable bonds is 7. The summed E-state index contributed by atoms with van der Waals surface area (Å²) in [4.78, 5) is 30.3. The minimum Gasteiger partial charge on any atom is -0.477 e. The Bertz CT molecular complexity index is 1310. The summed E-state index contributed by atoms with van der Waals surface area (Å²) in [6.45, 7) is 7.03. The van der Waals surface area contributed by atoms with Crippen molar-refractivity contribution in [1.82, 2.24) is 4.98 Å². The number of carboxylic acids is 1. The van der Waals surface area contributed by atoms with Gasteiger partial charge >= 0.3 is 5.97 Å². The molecule has 37 heavy (non-hydrogen) atoms. The number of carboxylic acid groups (broad SMARTS) is 1. The number of nitrogens with zero attached hydrogens (tertiary/aromatic N) is 2. The predicted molar refractivity (Wildman–Crippen MR) is 150 cm³/mol. The van der Waals surface area contributed by atoms with Gasteiger partial charge in [0.2, 0.25) is 0 Å². The van der Waals surface area contributed by atoms with E-state index >= 15 is 0 Å². The molecule has 0 spiro atoms. The maximum atomic E-state index is 12.6. The van der Waals surface area contributed by atoms with E-state index in [4.69, 9.17) is 5.41 Å². The topological polar surface area (TPSA) is 106 Å². The molecule has 1 aromatic heterocycles. The molecule has 3 N–H and O–H groups in total. The Morgan fingerprint density at radius 2 is 1.84 bits per heavy atom. The van der Waals surface area contributed by atoms with Gasteiger partial charge in [0.05, 0.1) is 5.57 Å². The third kappa shape index (κ3) is 7.01. The number of carbonyl (C=O) groups excluding carboxylic acids is 1. The zero-order chi connectivity index (χ0) is 26.8. The van der Waals surface area contributed by atoms with Crippen LogP contribution >= 0.6 is 0 Å². The van der Waals surface area contributed by atoms with Gasteiger partial charge in [-0.25, -0.2) is 9.78 Å². The van der Waals surface area contributed by atoms with Crippen LogP contribution < -0.4 is 10.2 Å². The second-order valence-electron chi connectivity index (χ2n) is 8.27. The smallest absolute Gasteiger partial charge is 0.354 e. The first-order valence-electron chi connectivity index (χ1n) is 12.3. The molecule has 0 bridgehead atoms. The lowest BCUT2D eigenvalue weighted by molar-refractivity contribution is -0.129. The zero-order valence-corrected chi connectivity index (χ0v) is 21.4. The second kappa shape index (κ2) is 13.0. The van der Waals surface area contributed by atoms with E-state index in [9.17, 15) is 14.7 Å². The van der Waals surface area contributed by atoms with Gasteiger partial charge in [-0.05, 0) is 73.4 Å². The van der Waals surface area contributed by atoms with Crippen molar-refractivity contribution in [1.29, 1.82) is 5.41 Å². The lowest BCUT2D eigenvalue weighted by Gasteiger charge is -2.31. The standard InChI is InChI=1S/C28H26N4O3.C2H6/c1-19-10-13-22(14-11-19)32-17-5-7-21-18-20(12-15-24(21)32)6-4-8-23(26(29)28(34)35)27(33)31-25-9-2-3-16-30-25;1-2/h2-4,6,8-16,18,29H,5,7,17H2,1H3,(H,34,35)(H,30,31,33);1-2H3/b6-4+,23-8-,29-26?;. The van der Waals surface area contributed by atoms with Gasteiger partial charge in [-0.3, -0.25) is 10.2 Å². The molecule has 0 atom stereocenters.